The Bertz CT molecular complexity index is 1450. The maximum Gasteiger partial charge on any atom is 0.332 e. The lowest BCUT2D eigenvalue weighted by atomic mass is 10.2. The molecule has 4 heterocycles. The van der Waals surface area contributed by atoms with Gasteiger partial charge in [-0.2, -0.15) is 4.98 Å². The zero-order valence-corrected chi connectivity index (χ0v) is 23.1. The van der Waals surface area contributed by atoms with Crippen molar-refractivity contribution in [2.24, 2.45) is 0 Å². The van der Waals surface area contributed by atoms with Gasteiger partial charge in [0.25, 0.3) is 0 Å². The minimum absolute atomic E-state index is 0.0541. The summed E-state index contributed by atoms with van der Waals surface area (Å²) in [5.74, 6) is 0.0573. The molecule has 37 heavy (non-hydrogen) atoms. The van der Waals surface area contributed by atoms with E-state index >= 15 is 0 Å². The minimum Gasteiger partial charge on any atom is -0.480 e. The number of anilines is 2. The number of nitrogens with one attached hydrogen (secondary N) is 1. The van der Waals surface area contributed by atoms with Crippen LogP contribution in [0.1, 0.15) is 18.7 Å². The maximum atomic E-state index is 13.6. The van der Waals surface area contributed by atoms with Gasteiger partial charge in [0.05, 0.1) is 36.3 Å². The SMILES string of the molecule is COc1ncc(Cl)cc1Nc1ncc2c(n1)n([C@H](C)c1ccc(F)cn1)c(=O)n2COCC[Si](C)(C)C. The highest BCUT2D eigenvalue weighted by molar-refractivity contribution is 6.76. The molecular formula is C24H29ClFN7O3Si. The van der Waals surface area contributed by atoms with Gasteiger partial charge in [-0.05, 0) is 31.2 Å². The second kappa shape index (κ2) is 10.9. The molecule has 196 valence electrons. The van der Waals surface area contributed by atoms with Crippen LogP contribution in [-0.2, 0) is 11.5 Å². The van der Waals surface area contributed by atoms with Gasteiger partial charge in [0.2, 0.25) is 11.8 Å². The molecule has 0 fully saturated rings. The van der Waals surface area contributed by atoms with Gasteiger partial charge < -0.3 is 14.8 Å². The summed E-state index contributed by atoms with van der Waals surface area (Å²) in [6.07, 6.45) is 4.14. The van der Waals surface area contributed by atoms with E-state index in [9.17, 15) is 9.18 Å². The smallest absolute Gasteiger partial charge is 0.332 e. The number of fused-ring (bicyclic) bond motifs is 1. The number of aromatic nitrogens is 6. The van der Waals surface area contributed by atoms with Crippen molar-refractivity contribution >= 4 is 42.5 Å². The summed E-state index contributed by atoms with van der Waals surface area (Å²) in [5.41, 5.74) is 1.49. The summed E-state index contributed by atoms with van der Waals surface area (Å²) in [5, 5.41) is 3.46. The molecule has 0 amide bonds. The molecule has 4 rings (SSSR count). The Balaban J connectivity index is 1.76. The van der Waals surface area contributed by atoms with E-state index in [-0.39, 0.29) is 18.4 Å². The first-order valence-electron chi connectivity index (χ1n) is 11.7. The molecule has 0 unspecified atom stereocenters. The van der Waals surface area contributed by atoms with Gasteiger partial charge in [0, 0.05) is 20.9 Å². The van der Waals surface area contributed by atoms with Crippen molar-refractivity contribution in [1.82, 2.24) is 29.1 Å². The third-order valence-electron chi connectivity index (χ3n) is 5.75. The fourth-order valence-electron chi connectivity index (χ4n) is 3.69. The Kier molecular flexibility index (Phi) is 7.90. The average molecular weight is 546 g/mol. The summed E-state index contributed by atoms with van der Waals surface area (Å²) in [6.45, 7) is 9.19. The lowest BCUT2D eigenvalue weighted by Gasteiger charge is -2.15. The van der Waals surface area contributed by atoms with Gasteiger partial charge in [-0.1, -0.05) is 31.2 Å². The van der Waals surface area contributed by atoms with Crippen LogP contribution in [-0.4, -0.2) is 50.9 Å². The van der Waals surface area contributed by atoms with Crippen molar-refractivity contribution in [3.63, 3.8) is 0 Å². The number of halogens is 2. The number of ether oxygens (including phenoxy) is 2. The normalized spacial score (nSPS) is 12.6. The fraction of sp³-hybridized carbons (Fsp3) is 0.375. The van der Waals surface area contributed by atoms with Gasteiger partial charge in [0.1, 0.15) is 23.8 Å². The lowest BCUT2D eigenvalue weighted by molar-refractivity contribution is 0.0870. The predicted molar refractivity (Wildman–Crippen MR) is 143 cm³/mol. The van der Waals surface area contributed by atoms with Crippen LogP contribution in [0.5, 0.6) is 5.88 Å². The van der Waals surface area contributed by atoms with E-state index in [2.05, 4.69) is 44.9 Å². The zero-order chi connectivity index (χ0) is 26.7. The highest BCUT2D eigenvalue weighted by Crippen LogP contribution is 2.28. The molecule has 0 spiro atoms. The lowest BCUT2D eigenvalue weighted by Crippen LogP contribution is -2.29. The molecule has 0 saturated carbocycles. The number of nitrogens with zero attached hydrogens (tertiary/aromatic N) is 6. The third-order valence-corrected chi connectivity index (χ3v) is 7.66. The number of hydrogen-bond donors (Lipinski definition) is 1. The molecule has 13 heteroatoms. The second-order valence-corrected chi connectivity index (χ2v) is 15.8. The van der Waals surface area contributed by atoms with E-state index in [1.54, 1.807) is 25.3 Å². The second-order valence-electron chi connectivity index (χ2n) is 9.74. The van der Waals surface area contributed by atoms with Crippen molar-refractivity contribution in [3.8, 4) is 5.88 Å². The van der Waals surface area contributed by atoms with Gasteiger partial charge >= 0.3 is 5.69 Å². The molecule has 0 aromatic carbocycles. The average Bonchev–Trinajstić information content (AvgIpc) is 3.12. The molecular weight excluding hydrogens is 517 g/mol. The van der Waals surface area contributed by atoms with E-state index in [0.717, 1.165) is 12.2 Å². The van der Waals surface area contributed by atoms with Crippen LogP contribution in [0.15, 0.2) is 41.6 Å². The van der Waals surface area contributed by atoms with Crippen LogP contribution in [0.25, 0.3) is 11.2 Å². The Morgan fingerprint density at radius 3 is 2.62 bits per heavy atom. The van der Waals surface area contributed by atoms with Crippen LogP contribution < -0.4 is 15.7 Å². The maximum absolute atomic E-state index is 13.6. The van der Waals surface area contributed by atoms with Crippen molar-refractivity contribution in [2.75, 3.05) is 19.0 Å². The standard InChI is InChI=1S/C24H29ClFN7O3Si/c1-15(18-7-6-17(26)12-27-18)33-21-20(32(24(33)34)14-36-8-9-37(3,4)5)13-29-23(31-21)30-19-10-16(25)11-28-22(19)35-2/h6-7,10-13,15H,8-9,14H2,1-5H3,(H,29,30,31)/t15-/m1/s1. The molecule has 1 atom stereocenters. The minimum atomic E-state index is -1.29. The Hall–Kier alpha value is -3.35. The van der Waals surface area contributed by atoms with Crippen molar-refractivity contribution in [2.45, 2.75) is 45.4 Å². The number of pyridine rings is 2. The molecule has 10 nitrogen and oxygen atoms in total. The molecule has 1 N–H and O–H groups in total. The summed E-state index contributed by atoms with van der Waals surface area (Å²) >= 11 is 6.10. The Morgan fingerprint density at radius 2 is 1.95 bits per heavy atom. The van der Waals surface area contributed by atoms with Crippen molar-refractivity contribution in [1.29, 1.82) is 0 Å². The van der Waals surface area contributed by atoms with E-state index in [0.29, 0.717) is 40.1 Å². The predicted octanol–water partition coefficient (Wildman–Crippen LogP) is 4.85. The molecule has 0 radical (unpaired) electrons. The fourth-order valence-corrected chi connectivity index (χ4v) is 4.61. The molecule has 0 aliphatic carbocycles. The topological polar surface area (TPSA) is 109 Å². The third kappa shape index (κ3) is 6.14. The monoisotopic (exact) mass is 545 g/mol. The Morgan fingerprint density at radius 1 is 1.16 bits per heavy atom. The van der Waals surface area contributed by atoms with E-state index < -0.39 is 19.9 Å². The van der Waals surface area contributed by atoms with Crippen molar-refractivity contribution < 1.29 is 13.9 Å². The molecule has 0 aliphatic heterocycles. The summed E-state index contributed by atoms with van der Waals surface area (Å²) in [4.78, 5) is 30.9. The highest BCUT2D eigenvalue weighted by atomic mass is 35.5. The first-order chi connectivity index (χ1) is 17.6. The molecule has 0 saturated heterocycles. The van der Waals surface area contributed by atoms with Gasteiger partial charge in [0.15, 0.2) is 5.65 Å². The summed E-state index contributed by atoms with van der Waals surface area (Å²) in [6, 6.07) is 4.92. The van der Waals surface area contributed by atoms with E-state index in [1.807, 2.05) is 0 Å². The largest absolute Gasteiger partial charge is 0.480 e. The van der Waals surface area contributed by atoms with Crippen molar-refractivity contribution in [3.05, 3.63) is 63.8 Å². The number of methoxy groups -OCH3 is 1. The van der Waals surface area contributed by atoms with Crippen LogP contribution >= 0.6 is 11.6 Å². The zero-order valence-electron chi connectivity index (χ0n) is 21.3. The number of imidazole rings is 1. The molecule has 4 aromatic rings. The Labute approximate surface area is 219 Å². The van der Waals surface area contributed by atoms with Gasteiger partial charge in [-0.3, -0.25) is 14.1 Å². The first kappa shape index (κ1) is 26.7. The van der Waals surface area contributed by atoms with Crippen LogP contribution in [0.2, 0.25) is 30.7 Å². The van der Waals surface area contributed by atoms with Crippen LogP contribution in [0.3, 0.4) is 0 Å². The van der Waals surface area contributed by atoms with Gasteiger partial charge in [-0.25, -0.2) is 19.2 Å². The quantitative estimate of drug-likeness (QED) is 0.222. The number of rotatable bonds is 10. The van der Waals surface area contributed by atoms with Crippen LogP contribution in [0, 0.1) is 5.82 Å². The summed E-state index contributed by atoms with van der Waals surface area (Å²) < 4.78 is 27.7. The molecule has 0 aliphatic rings. The first-order valence-corrected chi connectivity index (χ1v) is 15.8. The van der Waals surface area contributed by atoms with E-state index in [1.165, 1.54) is 28.5 Å². The van der Waals surface area contributed by atoms with Gasteiger partial charge in [-0.15, -0.1) is 0 Å². The molecule has 0 bridgehead atoms. The van der Waals surface area contributed by atoms with E-state index in [4.69, 9.17) is 21.1 Å². The van der Waals surface area contributed by atoms with Crippen LogP contribution in [0.4, 0.5) is 16.0 Å². The summed E-state index contributed by atoms with van der Waals surface area (Å²) in [7, 11) is 0.194. The highest BCUT2D eigenvalue weighted by Gasteiger charge is 2.23. The number of hydrogen-bond acceptors (Lipinski definition) is 8. The molecule has 4 aromatic heterocycles.